The van der Waals surface area contributed by atoms with Crippen LogP contribution in [0.3, 0.4) is 0 Å². The smallest absolute Gasteiger partial charge is 0.191 e. The Hall–Kier alpha value is -1.57. The number of fused-ring (bicyclic) bond motifs is 1. The molecule has 0 radical (unpaired) electrons. The fourth-order valence-electron chi connectivity index (χ4n) is 3.39. The van der Waals surface area contributed by atoms with Gasteiger partial charge in [-0.25, -0.2) is 4.99 Å². The second kappa shape index (κ2) is 10.1. The largest absolute Gasteiger partial charge is 0.357 e. The summed E-state index contributed by atoms with van der Waals surface area (Å²) in [7, 11) is 0. The highest BCUT2D eigenvalue weighted by Gasteiger charge is 2.22. The Morgan fingerprint density at radius 3 is 2.89 bits per heavy atom. The Bertz CT molecular complexity index is 766. The van der Waals surface area contributed by atoms with Crippen molar-refractivity contribution in [2.75, 3.05) is 6.54 Å². The van der Waals surface area contributed by atoms with Crippen LogP contribution in [0.4, 0.5) is 0 Å². The van der Waals surface area contributed by atoms with E-state index in [1.807, 2.05) is 0 Å². The molecule has 148 valence electrons. The van der Waals surface area contributed by atoms with Gasteiger partial charge >= 0.3 is 0 Å². The highest BCUT2D eigenvalue weighted by Crippen LogP contribution is 2.21. The second-order valence-electron chi connectivity index (χ2n) is 7.44. The first kappa shape index (κ1) is 21.7. The molecular weight excluding hydrogens is 449 g/mol. The third kappa shape index (κ3) is 5.96. The molecule has 1 aromatic heterocycles. The van der Waals surface area contributed by atoms with Gasteiger partial charge in [-0.15, -0.1) is 24.0 Å². The first-order valence-electron chi connectivity index (χ1n) is 9.72. The van der Waals surface area contributed by atoms with Crippen LogP contribution in [0.25, 0.3) is 0 Å². The predicted molar refractivity (Wildman–Crippen MR) is 123 cm³/mol. The van der Waals surface area contributed by atoms with E-state index >= 15 is 0 Å². The topological polar surface area (TPSA) is 54.2 Å². The molecule has 1 heterocycles. The SMILES string of the molecule is CCNC(=NCc1cccc(C)c1)NC1CCc2cn(C(C)C)nc2C1.I. The molecule has 6 heteroatoms. The monoisotopic (exact) mass is 481 g/mol. The Labute approximate surface area is 180 Å². The molecule has 0 saturated carbocycles. The zero-order valence-corrected chi connectivity index (χ0v) is 19.2. The fraction of sp³-hybridized carbons (Fsp3) is 0.524. The molecule has 27 heavy (non-hydrogen) atoms. The van der Waals surface area contributed by atoms with E-state index in [4.69, 9.17) is 10.1 Å². The van der Waals surface area contributed by atoms with E-state index in [2.05, 4.69) is 73.5 Å². The van der Waals surface area contributed by atoms with Gasteiger partial charge in [0.05, 0.1) is 12.2 Å². The van der Waals surface area contributed by atoms with Crippen molar-refractivity contribution in [3.63, 3.8) is 0 Å². The summed E-state index contributed by atoms with van der Waals surface area (Å²) in [6.07, 6.45) is 5.37. The number of aryl methyl sites for hydroxylation is 2. The van der Waals surface area contributed by atoms with Crippen LogP contribution in [0.5, 0.6) is 0 Å². The lowest BCUT2D eigenvalue weighted by Gasteiger charge is -2.24. The number of benzene rings is 1. The summed E-state index contributed by atoms with van der Waals surface area (Å²) >= 11 is 0. The van der Waals surface area contributed by atoms with Gasteiger partial charge in [0.1, 0.15) is 0 Å². The Morgan fingerprint density at radius 2 is 2.19 bits per heavy atom. The average Bonchev–Trinajstić information content (AvgIpc) is 3.04. The molecule has 1 aromatic carbocycles. The van der Waals surface area contributed by atoms with Crippen LogP contribution in [0.15, 0.2) is 35.5 Å². The third-order valence-corrected chi connectivity index (χ3v) is 4.81. The highest BCUT2D eigenvalue weighted by molar-refractivity contribution is 14.0. The molecular formula is C21H32IN5. The zero-order valence-electron chi connectivity index (χ0n) is 16.8. The van der Waals surface area contributed by atoms with Gasteiger partial charge in [-0.1, -0.05) is 29.8 Å². The Kier molecular flexibility index (Phi) is 8.13. The van der Waals surface area contributed by atoms with Crippen molar-refractivity contribution in [2.45, 2.75) is 65.6 Å². The van der Waals surface area contributed by atoms with Gasteiger partial charge in [0, 0.05) is 31.2 Å². The summed E-state index contributed by atoms with van der Waals surface area (Å²) in [5, 5.41) is 11.8. The van der Waals surface area contributed by atoms with Crippen molar-refractivity contribution >= 4 is 29.9 Å². The molecule has 0 saturated heterocycles. The molecule has 0 bridgehead atoms. The minimum atomic E-state index is 0. The number of nitrogens with zero attached hydrogens (tertiary/aromatic N) is 3. The molecule has 1 aliphatic carbocycles. The van der Waals surface area contributed by atoms with Crippen molar-refractivity contribution in [1.29, 1.82) is 0 Å². The maximum absolute atomic E-state index is 4.78. The number of hydrogen-bond acceptors (Lipinski definition) is 2. The van der Waals surface area contributed by atoms with Gasteiger partial charge in [-0.3, -0.25) is 4.68 Å². The lowest BCUT2D eigenvalue weighted by Crippen LogP contribution is -2.45. The fourth-order valence-corrected chi connectivity index (χ4v) is 3.39. The summed E-state index contributed by atoms with van der Waals surface area (Å²) in [6.45, 7) is 10.1. The molecule has 0 fully saturated rings. The van der Waals surface area contributed by atoms with Gasteiger partial charge in [0.15, 0.2) is 5.96 Å². The van der Waals surface area contributed by atoms with Crippen molar-refractivity contribution in [3.8, 4) is 0 Å². The maximum Gasteiger partial charge on any atom is 0.191 e. The van der Waals surface area contributed by atoms with Crippen molar-refractivity contribution in [1.82, 2.24) is 20.4 Å². The predicted octanol–water partition coefficient (Wildman–Crippen LogP) is 4.00. The molecule has 1 aliphatic rings. The van der Waals surface area contributed by atoms with Crippen LogP contribution in [0.2, 0.25) is 0 Å². The second-order valence-corrected chi connectivity index (χ2v) is 7.44. The molecule has 0 aliphatic heterocycles. The molecule has 3 rings (SSSR count). The number of rotatable bonds is 5. The highest BCUT2D eigenvalue weighted by atomic mass is 127. The van der Waals surface area contributed by atoms with Gasteiger partial charge in [-0.2, -0.15) is 5.10 Å². The molecule has 0 amide bonds. The van der Waals surface area contributed by atoms with Gasteiger partial charge in [-0.05, 0) is 51.7 Å². The average molecular weight is 481 g/mol. The normalized spacial score (nSPS) is 16.6. The molecule has 5 nitrogen and oxygen atoms in total. The minimum absolute atomic E-state index is 0. The summed E-state index contributed by atoms with van der Waals surface area (Å²) in [4.78, 5) is 4.78. The molecule has 0 spiro atoms. The van der Waals surface area contributed by atoms with Crippen LogP contribution in [-0.4, -0.2) is 28.3 Å². The number of aromatic nitrogens is 2. The van der Waals surface area contributed by atoms with E-state index in [9.17, 15) is 0 Å². The zero-order chi connectivity index (χ0) is 18.5. The van der Waals surface area contributed by atoms with E-state index in [0.29, 0.717) is 18.6 Å². The van der Waals surface area contributed by atoms with Crippen LogP contribution in [-0.2, 0) is 19.4 Å². The number of aliphatic imine (C=N–C) groups is 1. The molecule has 2 N–H and O–H groups in total. The van der Waals surface area contributed by atoms with E-state index in [-0.39, 0.29) is 24.0 Å². The quantitative estimate of drug-likeness (QED) is 0.386. The van der Waals surface area contributed by atoms with E-state index < -0.39 is 0 Å². The molecule has 2 aromatic rings. The first-order chi connectivity index (χ1) is 12.5. The summed E-state index contributed by atoms with van der Waals surface area (Å²) in [5.74, 6) is 0.894. The lowest BCUT2D eigenvalue weighted by atomic mass is 9.94. The minimum Gasteiger partial charge on any atom is -0.357 e. The third-order valence-electron chi connectivity index (χ3n) is 4.81. The summed E-state index contributed by atoms with van der Waals surface area (Å²) < 4.78 is 2.09. The number of guanidine groups is 1. The van der Waals surface area contributed by atoms with Crippen molar-refractivity contribution in [3.05, 3.63) is 52.8 Å². The number of nitrogens with one attached hydrogen (secondary N) is 2. The lowest BCUT2D eigenvalue weighted by molar-refractivity contribution is 0.499. The van der Waals surface area contributed by atoms with E-state index in [1.54, 1.807) is 0 Å². The number of hydrogen-bond donors (Lipinski definition) is 2. The van der Waals surface area contributed by atoms with Crippen LogP contribution >= 0.6 is 24.0 Å². The van der Waals surface area contributed by atoms with Crippen molar-refractivity contribution in [2.24, 2.45) is 4.99 Å². The van der Waals surface area contributed by atoms with Crippen molar-refractivity contribution < 1.29 is 0 Å². The van der Waals surface area contributed by atoms with Gasteiger partial charge in [0.2, 0.25) is 0 Å². The first-order valence-corrected chi connectivity index (χ1v) is 9.72. The molecule has 1 unspecified atom stereocenters. The maximum atomic E-state index is 4.78. The van der Waals surface area contributed by atoms with E-state index in [0.717, 1.165) is 31.8 Å². The number of halogens is 1. The van der Waals surface area contributed by atoms with Crippen LogP contribution in [0, 0.1) is 6.92 Å². The summed E-state index contributed by atoms with van der Waals surface area (Å²) in [5.41, 5.74) is 5.15. The van der Waals surface area contributed by atoms with Gasteiger partial charge < -0.3 is 10.6 Å². The Morgan fingerprint density at radius 1 is 1.37 bits per heavy atom. The molecule has 1 atom stereocenters. The van der Waals surface area contributed by atoms with Crippen LogP contribution in [0.1, 0.15) is 55.6 Å². The van der Waals surface area contributed by atoms with Gasteiger partial charge in [0.25, 0.3) is 0 Å². The van der Waals surface area contributed by atoms with Crippen LogP contribution < -0.4 is 10.6 Å². The Balaban J connectivity index is 0.00000261. The standard InChI is InChI=1S/C21H31N5.HI/c1-5-22-21(23-13-17-8-6-7-16(4)11-17)24-19-10-9-18-14-26(15(2)3)25-20(18)12-19;/h6-8,11,14-15,19H,5,9-10,12-13H2,1-4H3,(H2,22,23,24);1H. The van der Waals surface area contributed by atoms with E-state index in [1.165, 1.54) is 22.4 Å². The summed E-state index contributed by atoms with van der Waals surface area (Å²) in [6, 6.07) is 9.33.